The van der Waals surface area contributed by atoms with Crippen LogP contribution in [0.15, 0.2) is 18.2 Å². The van der Waals surface area contributed by atoms with Crippen LogP contribution in [-0.4, -0.2) is 16.8 Å². The molecule has 0 aromatic heterocycles. The summed E-state index contributed by atoms with van der Waals surface area (Å²) in [5.74, 6) is 1.14. The molecule has 1 atom stereocenters. The maximum Gasteiger partial charge on any atom is 0.120 e. The molecule has 0 aliphatic rings. The predicted molar refractivity (Wildman–Crippen MR) is 70.3 cm³/mol. The molecular weight excluding hydrogens is 214 g/mol. The highest BCUT2D eigenvalue weighted by Gasteiger charge is 2.10. The molecule has 1 aromatic rings. The smallest absolute Gasteiger partial charge is 0.120 e. The summed E-state index contributed by atoms with van der Waals surface area (Å²) in [6.07, 6.45) is 2.33. The Morgan fingerprint density at radius 1 is 1.18 bits per heavy atom. The summed E-state index contributed by atoms with van der Waals surface area (Å²) in [6.45, 7) is 7.34. The highest BCUT2D eigenvalue weighted by atomic mass is 16.3. The van der Waals surface area contributed by atoms with Crippen molar-refractivity contribution in [3.63, 3.8) is 0 Å². The SMILES string of the molecule is CC(C)CCCNC(C)c1cc(O)ccc1O. The molecule has 0 radical (unpaired) electrons. The lowest BCUT2D eigenvalue weighted by Gasteiger charge is -2.16. The highest BCUT2D eigenvalue weighted by molar-refractivity contribution is 5.40. The number of benzene rings is 1. The minimum absolute atomic E-state index is 0.0502. The Bertz CT molecular complexity index is 350. The molecule has 1 aromatic carbocycles. The lowest BCUT2D eigenvalue weighted by Crippen LogP contribution is -2.20. The van der Waals surface area contributed by atoms with E-state index in [2.05, 4.69) is 19.2 Å². The van der Waals surface area contributed by atoms with Gasteiger partial charge in [0.1, 0.15) is 11.5 Å². The van der Waals surface area contributed by atoms with Crippen LogP contribution < -0.4 is 5.32 Å². The molecule has 1 rings (SSSR count). The minimum atomic E-state index is 0.0502. The second-order valence-electron chi connectivity index (χ2n) is 4.96. The van der Waals surface area contributed by atoms with E-state index < -0.39 is 0 Å². The summed E-state index contributed by atoms with van der Waals surface area (Å²) in [5.41, 5.74) is 0.745. The van der Waals surface area contributed by atoms with Crippen molar-refractivity contribution >= 4 is 0 Å². The second-order valence-corrected chi connectivity index (χ2v) is 4.96. The van der Waals surface area contributed by atoms with Crippen molar-refractivity contribution in [3.05, 3.63) is 23.8 Å². The first-order valence-electron chi connectivity index (χ1n) is 6.26. The summed E-state index contributed by atoms with van der Waals surface area (Å²) in [7, 11) is 0. The summed E-state index contributed by atoms with van der Waals surface area (Å²) in [5, 5.41) is 22.4. The molecule has 0 saturated heterocycles. The number of phenolic OH excluding ortho intramolecular Hbond substituents is 2. The van der Waals surface area contributed by atoms with Crippen LogP contribution in [0, 0.1) is 5.92 Å². The van der Waals surface area contributed by atoms with E-state index in [0.717, 1.165) is 24.4 Å². The van der Waals surface area contributed by atoms with Gasteiger partial charge in [-0.15, -0.1) is 0 Å². The van der Waals surface area contributed by atoms with Crippen molar-refractivity contribution in [2.45, 2.75) is 39.7 Å². The van der Waals surface area contributed by atoms with Crippen LogP contribution in [0.2, 0.25) is 0 Å². The van der Waals surface area contributed by atoms with Crippen LogP contribution in [0.25, 0.3) is 0 Å². The number of hydrogen-bond acceptors (Lipinski definition) is 3. The van der Waals surface area contributed by atoms with Gasteiger partial charge in [0.05, 0.1) is 0 Å². The Kier molecular flexibility index (Phi) is 5.29. The van der Waals surface area contributed by atoms with E-state index in [9.17, 15) is 10.2 Å². The fourth-order valence-electron chi connectivity index (χ4n) is 1.83. The van der Waals surface area contributed by atoms with Gasteiger partial charge in [0.25, 0.3) is 0 Å². The van der Waals surface area contributed by atoms with Gasteiger partial charge in [0.2, 0.25) is 0 Å². The van der Waals surface area contributed by atoms with Gasteiger partial charge in [0.15, 0.2) is 0 Å². The third-order valence-corrected chi connectivity index (χ3v) is 2.89. The van der Waals surface area contributed by atoms with Gasteiger partial charge in [0, 0.05) is 11.6 Å². The zero-order valence-electron chi connectivity index (χ0n) is 10.9. The molecule has 1 unspecified atom stereocenters. The fraction of sp³-hybridized carbons (Fsp3) is 0.571. The van der Waals surface area contributed by atoms with Crippen LogP contribution in [-0.2, 0) is 0 Å². The van der Waals surface area contributed by atoms with Crippen molar-refractivity contribution in [2.24, 2.45) is 5.92 Å². The normalized spacial score (nSPS) is 12.9. The van der Waals surface area contributed by atoms with Gasteiger partial charge in [-0.2, -0.15) is 0 Å². The molecule has 3 nitrogen and oxygen atoms in total. The number of rotatable bonds is 6. The maximum atomic E-state index is 9.70. The van der Waals surface area contributed by atoms with Crippen LogP contribution in [0.1, 0.15) is 45.2 Å². The molecule has 3 heteroatoms. The fourth-order valence-corrected chi connectivity index (χ4v) is 1.83. The van der Waals surface area contributed by atoms with E-state index in [1.807, 2.05) is 6.92 Å². The molecule has 0 aliphatic carbocycles. The lowest BCUT2D eigenvalue weighted by atomic mass is 10.1. The molecule has 0 aliphatic heterocycles. The molecule has 0 fully saturated rings. The molecule has 96 valence electrons. The molecular formula is C14H23NO2. The zero-order chi connectivity index (χ0) is 12.8. The second kappa shape index (κ2) is 6.50. The van der Waals surface area contributed by atoms with Crippen LogP contribution in [0.5, 0.6) is 11.5 Å². The molecule has 3 N–H and O–H groups in total. The van der Waals surface area contributed by atoms with Gasteiger partial charge in [-0.25, -0.2) is 0 Å². The van der Waals surface area contributed by atoms with Crippen molar-refractivity contribution in [2.75, 3.05) is 6.54 Å². The number of phenols is 2. The van der Waals surface area contributed by atoms with Crippen molar-refractivity contribution in [3.8, 4) is 11.5 Å². The molecule has 0 saturated carbocycles. The van der Waals surface area contributed by atoms with Crippen LogP contribution in [0.3, 0.4) is 0 Å². The minimum Gasteiger partial charge on any atom is -0.508 e. The van der Waals surface area contributed by atoms with Crippen LogP contribution >= 0.6 is 0 Å². The first kappa shape index (κ1) is 13.8. The first-order chi connectivity index (χ1) is 8.00. The summed E-state index contributed by atoms with van der Waals surface area (Å²) in [4.78, 5) is 0. The molecule has 0 bridgehead atoms. The van der Waals surface area contributed by atoms with E-state index in [-0.39, 0.29) is 17.5 Å². The molecule has 0 heterocycles. The Labute approximate surface area is 103 Å². The maximum absolute atomic E-state index is 9.70. The third kappa shape index (κ3) is 4.65. The van der Waals surface area contributed by atoms with E-state index in [1.165, 1.54) is 18.6 Å². The Morgan fingerprint density at radius 3 is 2.53 bits per heavy atom. The quantitative estimate of drug-likeness (QED) is 0.526. The van der Waals surface area contributed by atoms with Gasteiger partial charge >= 0.3 is 0 Å². The van der Waals surface area contributed by atoms with Gasteiger partial charge in [-0.05, 0) is 50.4 Å². The first-order valence-corrected chi connectivity index (χ1v) is 6.26. The Morgan fingerprint density at radius 2 is 1.88 bits per heavy atom. The van der Waals surface area contributed by atoms with Crippen molar-refractivity contribution in [1.82, 2.24) is 5.32 Å². The molecule has 0 spiro atoms. The summed E-state index contributed by atoms with van der Waals surface area (Å²) in [6, 6.07) is 4.67. The van der Waals surface area contributed by atoms with E-state index >= 15 is 0 Å². The average Bonchev–Trinajstić information content (AvgIpc) is 2.27. The van der Waals surface area contributed by atoms with Gasteiger partial charge in [-0.3, -0.25) is 0 Å². The zero-order valence-corrected chi connectivity index (χ0v) is 10.9. The van der Waals surface area contributed by atoms with Gasteiger partial charge < -0.3 is 15.5 Å². The highest BCUT2D eigenvalue weighted by Crippen LogP contribution is 2.27. The van der Waals surface area contributed by atoms with Gasteiger partial charge in [-0.1, -0.05) is 13.8 Å². The number of nitrogens with one attached hydrogen (secondary N) is 1. The molecule has 17 heavy (non-hydrogen) atoms. The molecule has 0 amide bonds. The van der Waals surface area contributed by atoms with E-state index in [0.29, 0.717) is 0 Å². The predicted octanol–water partition coefficient (Wildman–Crippen LogP) is 3.18. The number of hydrogen-bond donors (Lipinski definition) is 3. The van der Waals surface area contributed by atoms with Crippen molar-refractivity contribution < 1.29 is 10.2 Å². The van der Waals surface area contributed by atoms with E-state index in [4.69, 9.17) is 0 Å². The largest absolute Gasteiger partial charge is 0.508 e. The van der Waals surface area contributed by atoms with E-state index in [1.54, 1.807) is 6.07 Å². The van der Waals surface area contributed by atoms with Crippen molar-refractivity contribution in [1.29, 1.82) is 0 Å². The number of aromatic hydroxyl groups is 2. The average molecular weight is 237 g/mol. The monoisotopic (exact) mass is 237 g/mol. The topological polar surface area (TPSA) is 52.5 Å². The Balaban J connectivity index is 2.46. The standard InChI is InChI=1S/C14H23NO2/c1-10(2)5-4-8-15-11(3)13-9-12(16)6-7-14(13)17/h6-7,9-11,15-17H,4-5,8H2,1-3H3. The lowest BCUT2D eigenvalue weighted by molar-refractivity contribution is 0.436. The summed E-state index contributed by atoms with van der Waals surface area (Å²) < 4.78 is 0. The van der Waals surface area contributed by atoms with Crippen LogP contribution in [0.4, 0.5) is 0 Å². The third-order valence-electron chi connectivity index (χ3n) is 2.89. The summed E-state index contributed by atoms with van der Waals surface area (Å²) >= 11 is 0. The Hall–Kier alpha value is -1.22.